The molecule has 1 rings (SSSR count). The van der Waals surface area contributed by atoms with E-state index in [1.54, 1.807) is 25.2 Å². The second-order valence-electron chi connectivity index (χ2n) is 4.15. The lowest BCUT2D eigenvalue weighted by Gasteiger charge is -2.20. The van der Waals surface area contributed by atoms with Gasteiger partial charge in [0.1, 0.15) is 0 Å². The van der Waals surface area contributed by atoms with Crippen LogP contribution in [0.4, 0.5) is 4.79 Å². The fraction of sp³-hybridized carbons (Fsp3) is 0.500. The average molecular weight is 282 g/mol. The molecule has 0 aliphatic rings. The van der Waals surface area contributed by atoms with Crippen LogP contribution in [0.3, 0.4) is 0 Å². The van der Waals surface area contributed by atoms with E-state index >= 15 is 0 Å². The van der Waals surface area contributed by atoms with Crippen molar-refractivity contribution >= 4 is 6.03 Å². The fourth-order valence-corrected chi connectivity index (χ4v) is 1.80. The molecule has 2 amide bonds. The number of benzene rings is 1. The molecule has 1 aromatic rings. The molecule has 1 aromatic carbocycles. The quantitative estimate of drug-likeness (QED) is 0.789. The van der Waals surface area contributed by atoms with Crippen molar-refractivity contribution in [3.05, 3.63) is 23.8 Å². The van der Waals surface area contributed by atoms with E-state index in [1.165, 1.54) is 0 Å². The van der Waals surface area contributed by atoms with E-state index in [0.717, 1.165) is 5.56 Å². The highest BCUT2D eigenvalue weighted by atomic mass is 16.5. The highest BCUT2D eigenvalue weighted by Gasteiger charge is 2.11. The Morgan fingerprint density at radius 1 is 1.30 bits per heavy atom. The van der Waals surface area contributed by atoms with Gasteiger partial charge in [-0.2, -0.15) is 0 Å². The summed E-state index contributed by atoms with van der Waals surface area (Å²) in [5.74, 6) is 1.28. The number of ether oxygens (including phenoxy) is 2. The van der Waals surface area contributed by atoms with Crippen LogP contribution in [0.15, 0.2) is 18.2 Å². The van der Waals surface area contributed by atoms with Crippen molar-refractivity contribution in [2.45, 2.75) is 13.5 Å². The Balaban J connectivity index is 2.63. The van der Waals surface area contributed by atoms with Crippen LogP contribution in [-0.2, 0) is 6.54 Å². The molecule has 0 aromatic heterocycles. The highest BCUT2D eigenvalue weighted by molar-refractivity contribution is 5.74. The number of hydrogen-bond donors (Lipinski definition) is 2. The molecule has 112 valence electrons. The van der Waals surface area contributed by atoms with Gasteiger partial charge in [0.05, 0.1) is 20.8 Å². The molecule has 20 heavy (non-hydrogen) atoms. The first-order valence-corrected chi connectivity index (χ1v) is 6.50. The number of nitrogens with one attached hydrogen (secondary N) is 1. The number of methoxy groups -OCH3 is 2. The first-order chi connectivity index (χ1) is 9.65. The number of hydrogen-bond acceptors (Lipinski definition) is 4. The van der Waals surface area contributed by atoms with Crippen LogP contribution in [0.2, 0.25) is 0 Å². The molecule has 0 heterocycles. The zero-order valence-corrected chi connectivity index (χ0v) is 12.2. The van der Waals surface area contributed by atoms with Gasteiger partial charge in [-0.3, -0.25) is 0 Å². The van der Waals surface area contributed by atoms with E-state index in [2.05, 4.69) is 5.32 Å². The van der Waals surface area contributed by atoms with Crippen molar-refractivity contribution < 1.29 is 19.4 Å². The normalized spacial score (nSPS) is 10.0. The third-order valence-corrected chi connectivity index (χ3v) is 2.93. The lowest BCUT2D eigenvalue weighted by atomic mass is 10.2. The maximum Gasteiger partial charge on any atom is 0.317 e. The summed E-state index contributed by atoms with van der Waals surface area (Å²) in [5, 5.41) is 11.7. The van der Waals surface area contributed by atoms with Crippen molar-refractivity contribution in [1.29, 1.82) is 0 Å². The van der Waals surface area contributed by atoms with Crippen molar-refractivity contribution in [1.82, 2.24) is 10.2 Å². The zero-order valence-electron chi connectivity index (χ0n) is 12.2. The van der Waals surface area contributed by atoms with E-state index in [4.69, 9.17) is 14.6 Å². The predicted molar refractivity (Wildman–Crippen MR) is 76.1 cm³/mol. The lowest BCUT2D eigenvalue weighted by Crippen LogP contribution is -2.41. The van der Waals surface area contributed by atoms with E-state index in [1.807, 2.05) is 19.1 Å². The predicted octanol–water partition coefficient (Wildman–Crippen LogP) is 1.23. The summed E-state index contributed by atoms with van der Waals surface area (Å²) < 4.78 is 10.4. The van der Waals surface area contributed by atoms with Gasteiger partial charge in [-0.05, 0) is 24.6 Å². The molecule has 0 saturated carbocycles. The number of rotatable bonds is 7. The zero-order chi connectivity index (χ0) is 15.0. The molecule has 0 atom stereocenters. The molecule has 0 saturated heterocycles. The van der Waals surface area contributed by atoms with Crippen LogP contribution >= 0.6 is 0 Å². The molecule has 6 heteroatoms. The molecular weight excluding hydrogens is 260 g/mol. The summed E-state index contributed by atoms with van der Waals surface area (Å²) in [5.41, 5.74) is 0.913. The molecule has 0 unspecified atom stereocenters. The number of aliphatic hydroxyl groups excluding tert-OH is 1. The number of carbonyl (C=O) groups is 1. The summed E-state index contributed by atoms with van der Waals surface area (Å²) in [6, 6.07) is 5.29. The van der Waals surface area contributed by atoms with Gasteiger partial charge in [0.2, 0.25) is 0 Å². The van der Waals surface area contributed by atoms with Gasteiger partial charge in [-0.15, -0.1) is 0 Å². The van der Waals surface area contributed by atoms with Gasteiger partial charge in [-0.1, -0.05) is 6.07 Å². The van der Waals surface area contributed by atoms with Crippen LogP contribution in [0, 0.1) is 0 Å². The van der Waals surface area contributed by atoms with Crippen molar-refractivity contribution in [2.75, 3.05) is 33.9 Å². The molecular formula is C14H22N2O4. The first kappa shape index (κ1) is 16.1. The third kappa shape index (κ3) is 4.31. The standard InChI is InChI=1S/C14H22N2O4/c1-4-16(7-8-17)14(18)15-10-11-5-6-12(19-2)13(9-11)20-3/h5-6,9,17H,4,7-8,10H2,1-3H3,(H,15,18). The third-order valence-electron chi connectivity index (χ3n) is 2.93. The Bertz CT molecular complexity index is 437. The molecule has 0 bridgehead atoms. The number of carbonyl (C=O) groups excluding carboxylic acids is 1. The van der Waals surface area contributed by atoms with Crippen molar-refractivity contribution in [3.8, 4) is 11.5 Å². The Kier molecular flexibility index (Phi) is 6.66. The molecule has 6 nitrogen and oxygen atoms in total. The Labute approximate surface area is 119 Å². The summed E-state index contributed by atoms with van der Waals surface area (Å²) in [4.78, 5) is 13.4. The minimum atomic E-state index is -0.198. The van der Waals surface area contributed by atoms with Crippen LogP contribution in [-0.4, -0.2) is 50.0 Å². The number of amides is 2. The number of likely N-dealkylation sites (N-methyl/N-ethyl adjacent to an activating group) is 1. The second kappa shape index (κ2) is 8.27. The molecule has 0 aliphatic heterocycles. The minimum Gasteiger partial charge on any atom is -0.493 e. The maximum atomic E-state index is 11.9. The van der Waals surface area contributed by atoms with Crippen molar-refractivity contribution in [2.24, 2.45) is 0 Å². The highest BCUT2D eigenvalue weighted by Crippen LogP contribution is 2.27. The molecule has 0 fully saturated rings. The lowest BCUT2D eigenvalue weighted by molar-refractivity contribution is 0.180. The summed E-state index contributed by atoms with van der Waals surface area (Å²) >= 11 is 0. The average Bonchev–Trinajstić information content (AvgIpc) is 2.49. The van der Waals surface area contributed by atoms with Crippen molar-refractivity contribution in [3.63, 3.8) is 0 Å². The van der Waals surface area contributed by atoms with Gasteiger partial charge in [0, 0.05) is 19.6 Å². The molecule has 2 N–H and O–H groups in total. The van der Waals surface area contributed by atoms with E-state index in [-0.39, 0.29) is 12.6 Å². The largest absolute Gasteiger partial charge is 0.493 e. The van der Waals surface area contributed by atoms with Crippen LogP contribution < -0.4 is 14.8 Å². The SMILES string of the molecule is CCN(CCO)C(=O)NCc1ccc(OC)c(OC)c1. The molecule has 0 radical (unpaired) electrons. The number of nitrogens with zero attached hydrogens (tertiary/aromatic N) is 1. The summed E-state index contributed by atoms with van der Waals surface area (Å²) in [7, 11) is 3.15. The van der Waals surface area contributed by atoms with Crippen LogP contribution in [0.1, 0.15) is 12.5 Å². The van der Waals surface area contributed by atoms with Gasteiger partial charge < -0.3 is 24.8 Å². The number of urea groups is 1. The molecule has 0 aliphatic carbocycles. The minimum absolute atomic E-state index is 0.0440. The van der Waals surface area contributed by atoms with Gasteiger partial charge in [0.15, 0.2) is 11.5 Å². The first-order valence-electron chi connectivity index (χ1n) is 6.50. The Morgan fingerprint density at radius 3 is 2.55 bits per heavy atom. The van der Waals surface area contributed by atoms with E-state index in [0.29, 0.717) is 31.1 Å². The van der Waals surface area contributed by atoms with Crippen LogP contribution in [0.25, 0.3) is 0 Å². The Hall–Kier alpha value is -1.95. The van der Waals surface area contributed by atoms with Gasteiger partial charge in [-0.25, -0.2) is 4.79 Å². The van der Waals surface area contributed by atoms with Gasteiger partial charge in [0.25, 0.3) is 0 Å². The summed E-state index contributed by atoms with van der Waals surface area (Å²) in [6.45, 7) is 3.09. The monoisotopic (exact) mass is 282 g/mol. The smallest absolute Gasteiger partial charge is 0.317 e. The maximum absolute atomic E-state index is 11.9. The topological polar surface area (TPSA) is 71.0 Å². The Morgan fingerprint density at radius 2 is 2.00 bits per heavy atom. The fourth-order valence-electron chi connectivity index (χ4n) is 1.80. The van der Waals surface area contributed by atoms with Gasteiger partial charge >= 0.3 is 6.03 Å². The van der Waals surface area contributed by atoms with E-state index < -0.39 is 0 Å². The van der Waals surface area contributed by atoms with E-state index in [9.17, 15) is 4.79 Å². The van der Waals surface area contributed by atoms with Crippen LogP contribution in [0.5, 0.6) is 11.5 Å². The molecule has 0 spiro atoms. The second-order valence-corrected chi connectivity index (χ2v) is 4.15. The summed E-state index contributed by atoms with van der Waals surface area (Å²) in [6.07, 6.45) is 0. The number of aliphatic hydroxyl groups is 1.